The van der Waals surface area contributed by atoms with Crippen molar-refractivity contribution in [3.05, 3.63) is 11.6 Å². The second kappa shape index (κ2) is 8.03. The summed E-state index contributed by atoms with van der Waals surface area (Å²) in [6.45, 7) is 12.3. The van der Waals surface area contributed by atoms with Gasteiger partial charge in [-0.25, -0.2) is 0 Å². The van der Waals surface area contributed by atoms with E-state index < -0.39 is 63.4 Å². The van der Waals surface area contributed by atoms with E-state index in [9.17, 15) is 35.4 Å². The van der Waals surface area contributed by atoms with E-state index in [-0.39, 0.29) is 23.9 Å². The Balaban J connectivity index is 1.67. The first-order valence-electron chi connectivity index (χ1n) is 14.2. The van der Waals surface area contributed by atoms with Crippen LogP contribution < -0.4 is 0 Å². The Hall–Kier alpha value is -0.990. The molecule has 7 heteroatoms. The number of carboxylic acids is 1. The van der Waals surface area contributed by atoms with Gasteiger partial charge in [-0.2, -0.15) is 0 Å². The van der Waals surface area contributed by atoms with E-state index in [4.69, 9.17) is 0 Å². The molecule has 0 saturated heterocycles. The second-order valence-corrected chi connectivity index (χ2v) is 15.3. The van der Waals surface area contributed by atoms with E-state index in [1.54, 1.807) is 6.92 Å². The fraction of sp³-hybridized carbons (Fsp3) is 0.900. The standard InChI is InChI=1S/C30H48O7/c1-25(2)9-10-30(24(36)37)17(11-25)16-7-8-20-26(3)12-19(33)23(35)27(4,15-31)22(26)18(32)13-29(20,6)28(16,5)14-21(30)34/h7,17-23,31-35H,8-15H2,1-6H3,(H,36,37)/t17-,18+,19-,20+,21+,22+,23-,26+,27-,28+,29+,30+/m0/s1. The third-order valence-corrected chi connectivity index (χ3v) is 13.1. The van der Waals surface area contributed by atoms with E-state index in [1.165, 1.54) is 0 Å². The number of carbonyl (C=O) groups is 1. The van der Waals surface area contributed by atoms with Crippen molar-refractivity contribution in [2.75, 3.05) is 6.61 Å². The summed E-state index contributed by atoms with van der Waals surface area (Å²) in [6.07, 6.45) is 1.99. The molecule has 0 amide bonds. The van der Waals surface area contributed by atoms with Gasteiger partial charge in [-0.1, -0.05) is 53.2 Å². The van der Waals surface area contributed by atoms with Gasteiger partial charge in [-0.3, -0.25) is 4.79 Å². The van der Waals surface area contributed by atoms with Gasteiger partial charge < -0.3 is 30.6 Å². The number of aliphatic hydroxyl groups excluding tert-OH is 5. The lowest BCUT2D eigenvalue weighted by molar-refractivity contribution is -0.276. The van der Waals surface area contributed by atoms with Crippen LogP contribution in [0.3, 0.4) is 0 Å². The highest BCUT2D eigenvalue weighted by atomic mass is 16.4. The first kappa shape index (κ1) is 27.6. The van der Waals surface area contributed by atoms with Gasteiger partial charge in [0.2, 0.25) is 0 Å². The molecule has 0 aliphatic heterocycles. The Morgan fingerprint density at radius 3 is 2.16 bits per heavy atom. The number of allylic oxidation sites excluding steroid dienone is 2. The van der Waals surface area contributed by atoms with Gasteiger partial charge in [-0.15, -0.1) is 0 Å². The number of hydrogen-bond acceptors (Lipinski definition) is 6. The number of aliphatic hydroxyl groups is 5. The maximum Gasteiger partial charge on any atom is 0.312 e. The van der Waals surface area contributed by atoms with Crippen molar-refractivity contribution < 1.29 is 35.4 Å². The first-order valence-corrected chi connectivity index (χ1v) is 14.2. The molecule has 0 aromatic rings. The van der Waals surface area contributed by atoms with Crippen molar-refractivity contribution in [2.24, 2.45) is 50.2 Å². The van der Waals surface area contributed by atoms with Crippen LogP contribution in [0.5, 0.6) is 0 Å². The van der Waals surface area contributed by atoms with Crippen molar-refractivity contribution in [3.63, 3.8) is 0 Å². The number of rotatable bonds is 2. The van der Waals surface area contributed by atoms with Gasteiger partial charge in [-0.05, 0) is 78.4 Å². The topological polar surface area (TPSA) is 138 Å². The van der Waals surface area contributed by atoms with E-state index in [2.05, 4.69) is 40.7 Å². The Bertz CT molecular complexity index is 1010. The maximum atomic E-state index is 12.8. The molecule has 5 aliphatic rings. The molecule has 210 valence electrons. The average molecular weight is 521 g/mol. The van der Waals surface area contributed by atoms with Gasteiger partial charge in [0, 0.05) is 11.3 Å². The molecule has 0 aromatic carbocycles. The summed E-state index contributed by atoms with van der Waals surface area (Å²) in [5, 5.41) is 66.3. The van der Waals surface area contributed by atoms with Gasteiger partial charge >= 0.3 is 5.97 Å². The lowest BCUT2D eigenvalue weighted by atomic mass is 9.32. The monoisotopic (exact) mass is 520 g/mol. The van der Waals surface area contributed by atoms with Crippen LogP contribution in [-0.2, 0) is 4.79 Å². The van der Waals surface area contributed by atoms with Crippen LogP contribution in [0.4, 0.5) is 0 Å². The second-order valence-electron chi connectivity index (χ2n) is 15.3. The quantitative estimate of drug-likeness (QED) is 0.308. The van der Waals surface area contributed by atoms with Crippen LogP contribution in [0.15, 0.2) is 11.6 Å². The highest BCUT2D eigenvalue weighted by Crippen LogP contribution is 2.75. The van der Waals surface area contributed by atoms with Crippen molar-refractivity contribution in [1.82, 2.24) is 0 Å². The molecule has 0 spiro atoms. The summed E-state index contributed by atoms with van der Waals surface area (Å²) in [4.78, 5) is 12.8. The number of aliphatic carboxylic acids is 1. The van der Waals surface area contributed by atoms with Crippen LogP contribution in [0, 0.1) is 50.2 Å². The van der Waals surface area contributed by atoms with Crippen LogP contribution in [0.2, 0.25) is 0 Å². The molecule has 4 saturated carbocycles. The Morgan fingerprint density at radius 2 is 1.57 bits per heavy atom. The highest BCUT2D eigenvalue weighted by Gasteiger charge is 2.73. The van der Waals surface area contributed by atoms with E-state index in [1.807, 2.05) is 0 Å². The van der Waals surface area contributed by atoms with Crippen LogP contribution in [0.1, 0.15) is 86.5 Å². The van der Waals surface area contributed by atoms with Crippen molar-refractivity contribution >= 4 is 5.97 Å². The lowest BCUT2D eigenvalue weighted by Gasteiger charge is -2.72. The molecule has 37 heavy (non-hydrogen) atoms. The SMILES string of the molecule is CC1(C)CC[C@]2(C(=O)O)[C@H](O)C[C@]3(C)C(=CC[C@@H]4[C@@]5(C)C[C@H](O)[C@H](O)[C@@](C)(CO)[C@@H]5[C@H](O)C[C@]43C)[C@@H]2C1. The number of hydrogen-bond donors (Lipinski definition) is 6. The molecule has 0 heterocycles. The van der Waals surface area contributed by atoms with E-state index in [0.717, 1.165) is 12.0 Å². The number of fused-ring (bicyclic) bond motifs is 7. The molecule has 12 atom stereocenters. The minimum absolute atomic E-state index is 0.0244. The zero-order valence-electron chi connectivity index (χ0n) is 23.4. The normalized spacial score (nSPS) is 56.7. The maximum absolute atomic E-state index is 12.8. The van der Waals surface area contributed by atoms with Gasteiger partial charge in [0.15, 0.2) is 0 Å². The van der Waals surface area contributed by atoms with Crippen molar-refractivity contribution in [1.29, 1.82) is 0 Å². The molecule has 5 rings (SSSR count). The fourth-order valence-corrected chi connectivity index (χ4v) is 11.0. The summed E-state index contributed by atoms with van der Waals surface area (Å²) in [5.41, 5.74) is -2.70. The summed E-state index contributed by atoms with van der Waals surface area (Å²) in [6, 6.07) is 0. The molecule has 0 aromatic heterocycles. The predicted octanol–water partition coefficient (Wildman–Crippen LogP) is 3.12. The zero-order valence-corrected chi connectivity index (χ0v) is 23.4. The zero-order chi connectivity index (χ0) is 27.6. The van der Waals surface area contributed by atoms with Gasteiger partial charge in [0.25, 0.3) is 0 Å². The minimum Gasteiger partial charge on any atom is -0.481 e. The molecule has 0 unspecified atom stereocenters. The van der Waals surface area contributed by atoms with Crippen LogP contribution in [-0.4, -0.2) is 67.6 Å². The fourth-order valence-electron chi connectivity index (χ4n) is 11.0. The smallest absolute Gasteiger partial charge is 0.312 e. The molecule has 7 nitrogen and oxygen atoms in total. The summed E-state index contributed by atoms with van der Waals surface area (Å²) >= 11 is 0. The molecule has 0 radical (unpaired) electrons. The largest absolute Gasteiger partial charge is 0.481 e. The first-order chi connectivity index (χ1) is 16.9. The minimum atomic E-state index is -1.19. The summed E-state index contributed by atoms with van der Waals surface area (Å²) in [7, 11) is 0. The molecule has 5 aliphatic carbocycles. The number of carboxylic acid groups (broad SMARTS) is 1. The van der Waals surface area contributed by atoms with Crippen LogP contribution in [0.25, 0.3) is 0 Å². The van der Waals surface area contributed by atoms with Gasteiger partial charge in [0.05, 0.1) is 31.0 Å². The van der Waals surface area contributed by atoms with Gasteiger partial charge in [0.1, 0.15) is 5.41 Å². The summed E-state index contributed by atoms with van der Waals surface area (Å²) < 4.78 is 0. The lowest BCUT2D eigenvalue weighted by Crippen LogP contribution is -2.72. The highest BCUT2D eigenvalue weighted by molar-refractivity contribution is 5.77. The van der Waals surface area contributed by atoms with Crippen LogP contribution >= 0.6 is 0 Å². The molecule has 0 bridgehead atoms. The molecule has 6 N–H and O–H groups in total. The Morgan fingerprint density at radius 1 is 0.919 bits per heavy atom. The molecule has 4 fully saturated rings. The average Bonchev–Trinajstić information content (AvgIpc) is 2.77. The Labute approximate surface area is 221 Å². The third kappa shape index (κ3) is 3.21. The third-order valence-electron chi connectivity index (χ3n) is 13.1. The van der Waals surface area contributed by atoms with Crippen molar-refractivity contribution in [3.8, 4) is 0 Å². The summed E-state index contributed by atoms with van der Waals surface area (Å²) in [5.74, 6) is -1.56. The van der Waals surface area contributed by atoms with E-state index in [0.29, 0.717) is 38.5 Å². The predicted molar refractivity (Wildman–Crippen MR) is 138 cm³/mol. The molecular formula is C30H48O7. The molecular weight excluding hydrogens is 472 g/mol. The van der Waals surface area contributed by atoms with E-state index >= 15 is 0 Å². The van der Waals surface area contributed by atoms with Crippen molar-refractivity contribution in [2.45, 2.75) is 111 Å². The Kier molecular flexibility index (Phi) is 5.98.